The van der Waals surface area contributed by atoms with E-state index in [1.165, 1.54) is 0 Å². The smallest absolute Gasteiger partial charge is 0.241 e. The van der Waals surface area contributed by atoms with E-state index in [2.05, 4.69) is 17.0 Å². The molecule has 0 bridgehead atoms. The fourth-order valence-electron chi connectivity index (χ4n) is 1.73. The van der Waals surface area contributed by atoms with E-state index in [0.717, 1.165) is 5.69 Å². The zero-order valence-electron chi connectivity index (χ0n) is 10.8. The summed E-state index contributed by atoms with van der Waals surface area (Å²) in [5, 5.41) is 7.43. The maximum absolute atomic E-state index is 12.0. The van der Waals surface area contributed by atoms with Crippen LogP contribution in [0.5, 0.6) is 0 Å². The first-order chi connectivity index (χ1) is 9.61. The first kappa shape index (κ1) is 14.3. The molecule has 0 aliphatic heterocycles. The molecule has 1 heterocycles. The Morgan fingerprint density at radius 2 is 2.40 bits per heavy atom. The number of benzene rings is 1. The maximum Gasteiger partial charge on any atom is 0.241 e. The molecule has 20 heavy (non-hydrogen) atoms. The Kier molecular flexibility index (Phi) is 4.55. The molecule has 6 heteroatoms. The number of rotatable bonds is 5. The van der Waals surface area contributed by atoms with Crippen LogP contribution in [-0.2, 0) is 4.79 Å². The molecule has 1 amide bonds. The summed E-state index contributed by atoms with van der Waals surface area (Å²) in [5.41, 5.74) is 7.03. The average Bonchev–Trinajstić information content (AvgIpc) is 2.93. The molecule has 0 saturated carbocycles. The largest absolute Gasteiger partial charge is 0.323 e. The van der Waals surface area contributed by atoms with Gasteiger partial charge in [-0.25, -0.2) is 4.68 Å². The van der Waals surface area contributed by atoms with Gasteiger partial charge in [0, 0.05) is 17.4 Å². The molecule has 1 aromatic heterocycles. The van der Waals surface area contributed by atoms with E-state index in [9.17, 15) is 4.79 Å². The number of anilines is 1. The lowest BCUT2D eigenvalue weighted by atomic mass is 10.2. The van der Waals surface area contributed by atoms with Crippen molar-refractivity contribution in [3.8, 4) is 5.69 Å². The van der Waals surface area contributed by atoms with Crippen molar-refractivity contribution in [2.45, 2.75) is 12.5 Å². The first-order valence-corrected chi connectivity index (χ1v) is 6.46. The van der Waals surface area contributed by atoms with Crippen molar-refractivity contribution < 1.29 is 4.79 Å². The molecular formula is C14H15ClN4O. The third-order valence-electron chi connectivity index (χ3n) is 2.73. The third kappa shape index (κ3) is 3.26. The van der Waals surface area contributed by atoms with Crippen LogP contribution in [0.25, 0.3) is 5.69 Å². The molecule has 1 unspecified atom stereocenters. The number of amides is 1. The number of aromatic nitrogens is 2. The molecule has 1 aromatic carbocycles. The summed E-state index contributed by atoms with van der Waals surface area (Å²) in [7, 11) is 0. The van der Waals surface area contributed by atoms with E-state index in [1.807, 2.05) is 0 Å². The molecule has 0 spiro atoms. The number of nitrogens with two attached hydrogens (primary N) is 1. The Hall–Kier alpha value is -2.11. The molecule has 1 atom stereocenters. The average molecular weight is 291 g/mol. The number of hydrogen-bond acceptors (Lipinski definition) is 3. The van der Waals surface area contributed by atoms with Gasteiger partial charge >= 0.3 is 0 Å². The summed E-state index contributed by atoms with van der Waals surface area (Å²) in [6, 6.07) is 6.33. The number of nitrogens with one attached hydrogen (secondary N) is 1. The Labute approximate surface area is 122 Å². The highest BCUT2D eigenvalue weighted by Crippen LogP contribution is 2.24. The minimum Gasteiger partial charge on any atom is -0.323 e. The van der Waals surface area contributed by atoms with Gasteiger partial charge in [0.15, 0.2) is 0 Å². The molecule has 5 nitrogen and oxygen atoms in total. The quantitative estimate of drug-likeness (QED) is 0.830. The summed E-state index contributed by atoms with van der Waals surface area (Å²) in [5.74, 6) is -0.291. The zero-order chi connectivity index (χ0) is 14.5. The number of nitrogens with zero attached hydrogens (tertiary/aromatic N) is 2. The molecule has 3 N–H and O–H groups in total. The lowest BCUT2D eigenvalue weighted by Gasteiger charge is -2.14. The minimum atomic E-state index is -0.642. The van der Waals surface area contributed by atoms with Crippen LogP contribution in [0, 0.1) is 0 Å². The summed E-state index contributed by atoms with van der Waals surface area (Å²) < 4.78 is 1.64. The molecule has 2 aromatic rings. The van der Waals surface area contributed by atoms with Gasteiger partial charge in [0.1, 0.15) is 0 Å². The lowest BCUT2D eigenvalue weighted by Crippen LogP contribution is -2.35. The summed E-state index contributed by atoms with van der Waals surface area (Å²) in [4.78, 5) is 12.0. The van der Waals surface area contributed by atoms with Crippen LogP contribution in [0.1, 0.15) is 6.42 Å². The van der Waals surface area contributed by atoms with Crippen LogP contribution in [0.2, 0.25) is 5.02 Å². The SMILES string of the molecule is C=CCC(N)C(=O)Nc1cc(Cl)ccc1-n1cccn1. The maximum atomic E-state index is 12.0. The molecule has 0 fully saturated rings. The Morgan fingerprint density at radius 3 is 3.05 bits per heavy atom. The van der Waals surface area contributed by atoms with E-state index < -0.39 is 6.04 Å². The second kappa shape index (κ2) is 6.36. The number of hydrogen-bond donors (Lipinski definition) is 2. The third-order valence-corrected chi connectivity index (χ3v) is 2.96. The summed E-state index contributed by atoms with van der Waals surface area (Å²) >= 11 is 5.97. The highest BCUT2D eigenvalue weighted by molar-refractivity contribution is 6.31. The van der Waals surface area contributed by atoms with E-state index >= 15 is 0 Å². The molecule has 0 saturated heterocycles. The zero-order valence-corrected chi connectivity index (χ0v) is 11.5. The van der Waals surface area contributed by atoms with Gasteiger partial charge in [0.05, 0.1) is 17.4 Å². The summed E-state index contributed by atoms with van der Waals surface area (Å²) in [6.07, 6.45) is 5.45. The van der Waals surface area contributed by atoms with Gasteiger partial charge in [0.2, 0.25) is 5.91 Å². The van der Waals surface area contributed by atoms with Crippen LogP contribution < -0.4 is 11.1 Å². The van der Waals surface area contributed by atoms with Gasteiger partial charge in [0.25, 0.3) is 0 Å². The standard InChI is InChI=1S/C14H15ClN4O/c1-2-4-11(16)14(20)18-12-9-10(15)5-6-13(12)19-8-3-7-17-19/h2-3,5-9,11H,1,4,16H2,(H,18,20). The molecule has 0 aliphatic carbocycles. The predicted octanol–water partition coefficient (Wildman–Crippen LogP) is 2.37. The molecule has 2 rings (SSSR count). The van der Waals surface area contributed by atoms with Gasteiger partial charge < -0.3 is 11.1 Å². The van der Waals surface area contributed by atoms with Crippen molar-refractivity contribution in [1.29, 1.82) is 0 Å². The van der Waals surface area contributed by atoms with Gasteiger partial charge in [-0.05, 0) is 30.7 Å². The topological polar surface area (TPSA) is 72.9 Å². The fraction of sp³-hybridized carbons (Fsp3) is 0.143. The second-order valence-electron chi connectivity index (χ2n) is 4.23. The minimum absolute atomic E-state index is 0.291. The van der Waals surface area contributed by atoms with Crippen LogP contribution in [-0.4, -0.2) is 21.7 Å². The van der Waals surface area contributed by atoms with Crippen LogP contribution >= 0.6 is 11.6 Å². The fourth-order valence-corrected chi connectivity index (χ4v) is 1.90. The highest BCUT2D eigenvalue weighted by Gasteiger charge is 2.14. The van der Waals surface area contributed by atoms with Gasteiger partial charge in [-0.1, -0.05) is 17.7 Å². The van der Waals surface area contributed by atoms with E-state index in [-0.39, 0.29) is 5.91 Å². The van der Waals surface area contributed by atoms with Gasteiger partial charge in [-0.2, -0.15) is 5.10 Å². The predicted molar refractivity (Wildman–Crippen MR) is 80.0 cm³/mol. The van der Waals surface area contributed by atoms with Crippen molar-refractivity contribution in [1.82, 2.24) is 9.78 Å². The monoisotopic (exact) mass is 290 g/mol. The van der Waals surface area contributed by atoms with Crippen molar-refractivity contribution >= 4 is 23.2 Å². The molecule has 0 aliphatic rings. The van der Waals surface area contributed by atoms with Crippen LogP contribution in [0.15, 0.2) is 49.3 Å². The first-order valence-electron chi connectivity index (χ1n) is 6.08. The van der Waals surface area contributed by atoms with Crippen molar-refractivity contribution in [3.63, 3.8) is 0 Å². The number of carbonyl (C=O) groups is 1. The van der Waals surface area contributed by atoms with Gasteiger partial charge in [-0.15, -0.1) is 6.58 Å². The van der Waals surface area contributed by atoms with Crippen molar-refractivity contribution in [2.24, 2.45) is 5.73 Å². The van der Waals surface area contributed by atoms with E-state index in [4.69, 9.17) is 17.3 Å². The Morgan fingerprint density at radius 1 is 1.60 bits per heavy atom. The van der Waals surface area contributed by atoms with Crippen LogP contribution in [0.3, 0.4) is 0 Å². The second-order valence-corrected chi connectivity index (χ2v) is 4.67. The number of halogens is 1. The Bertz CT molecular complexity index is 610. The van der Waals surface area contributed by atoms with Crippen molar-refractivity contribution in [3.05, 3.63) is 54.3 Å². The molecular weight excluding hydrogens is 276 g/mol. The Balaban J connectivity index is 2.29. The number of carbonyl (C=O) groups excluding carboxylic acids is 1. The molecule has 0 radical (unpaired) electrons. The van der Waals surface area contributed by atoms with Crippen molar-refractivity contribution in [2.75, 3.05) is 5.32 Å². The highest BCUT2D eigenvalue weighted by atomic mass is 35.5. The van der Waals surface area contributed by atoms with Crippen LogP contribution in [0.4, 0.5) is 5.69 Å². The van der Waals surface area contributed by atoms with E-state index in [0.29, 0.717) is 17.1 Å². The molecule has 104 valence electrons. The van der Waals surface area contributed by atoms with E-state index in [1.54, 1.807) is 47.4 Å². The normalized spacial score (nSPS) is 11.9. The van der Waals surface area contributed by atoms with Gasteiger partial charge in [-0.3, -0.25) is 4.79 Å². The lowest BCUT2D eigenvalue weighted by molar-refractivity contribution is -0.117. The summed E-state index contributed by atoms with van der Waals surface area (Å²) in [6.45, 7) is 3.57.